The molecule has 11 heteroatoms. The Bertz CT molecular complexity index is 1010. The SMILES string of the molecule is NC(CC(=O)O)Cc1cn(-c2ccc(Oc3ncc(Cl)cc3F)cc2F)nn1. The van der Waals surface area contributed by atoms with Gasteiger partial charge in [-0.1, -0.05) is 16.8 Å². The lowest BCUT2D eigenvalue weighted by molar-refractivity contribution is -0.137. The van der Waals surface area contributed by atoms with Crippen LogP contribution in [0.5, 0.6) is 11.6 Å². The summed E-state index contributed by atoms with van der Waals surface area (Å²) in [5.74, 6) is -2.81. The minimum atomic E-state index is -1.02. The van der Waals surface area contributed by atoms with Gasteiger partial charge in [-0.25, -0.2) is 18.4 Å². The molecule has 0 bridgehead atoms. The predicted octanol–water partition coefficient (Wildman–Crippen LogP) is 2.73. The van der Waals surface area contributed by atoms with Gasteiger partial charge in [0.15, 0.2) is 11.6 Å². The minimum absolute atomic E-state index is 0.0267. The fraction of sp³-hybridized carbons (Fsp3) is 0.176. The van der Waals surface area contributed by atoms with Gasteiger partial charge in [0, 0.05) is 24.7 Å². The number of aliphatic carboxylic acids is 1. The van der Waals surface area contributed by atoms with Gasteiger partial charge in [-0.05, 0) is 18.2 Å². The summed E-state index contributed by atoms with van der Waals surface area (Å²) in [6.45, 7) is 0. The Balaban J connectivity index is 1.75. The molecule has 3 aromatic rings. The van der Waals surface area contributed by atoms with E-state index in [1.54, 1.807) is 0 Å². The number of pyridine rings is 1. The number of carboxylic acids is 1. The van der Waals surface area contributed by atoms with Crippen LogP contribution in [0.4, 0.5) is 8.78 Å². The largest absolute Gasteiger partial charge is 0.481 e. The van der Waals surface area contributed by atoms with Gasteiger partial charge in [0.25, 0.3) is 5.88 Å². The van der Waals surface area contributed by atoms with Gasteiger partial charge in [-0.2, -0.15) is 0 Å². The first-order valence-corrected chi connectivity index (χ1v) is 8.37. The fourth-order valence-electron chi connectivity index (χ4n) is 2.40. The van der Waals surface area contributed by atoms with Crippen LogP contribution < -0.4 is 10.5 Å². The number of aromatic nitrogens is 4. The average molecular weight is 410 g/mol. The molecule has 3 rings (SSSR count). The van der Waals surface area contributed by atoms with Gasteiger partial charge in [-0.3, -0.25) is 4.79 Å². The number of carbonyl (C=O) groups is 1. The Morgan fingerprint density at radius 3 is 2.79 bits per heavy atom. The van der Waals surface area contributed by atoms with Gasteiger partial charge in [0.1, 0.15) is 11.4 Å². The molecule has 0 radical (unpaired) electrons. The van der Waals surface area contributed by atoms with Crippen LogP contribution in [0.3, 0.4) is 0 Å². The number of hydrogen-bond donors (Lipinski definition) is 2. The Labute approximate surface area is 162 Å². The van der Waals surface area contributed by atoms with Crippen molar-refractivity contribution in [1.29, 1.82) is 0 Å². The smallest absolute Gasteiger partial charge is 0.304 e. The van der Waals surface area contributed by atoms with E-state index in [0.29, 0.717) is 5.69 Å². The highest BCUT2D eigenvalue weighted by molar-refractivity contribution is 6.30. The molecule has 146 valence electrons. The van der Waals surface area contributed by atoms with Crippen molar-refractivity contribution in [2.24, 2.45) is 5.73 Å². The standard InChI is InChI=1S/C17H14ClF2N5O3/c18-9-3-14(20)17(22-7-9)28-12-1-2-15(13(19)6-12)25-8-11(23-24-25)4-10(21)5-16(26)27/h1-3,6-8,10H,4-5,21H2,(H,26,27). The molecule has 3 N–H and O–H groups in total. The summed E-state index contributed by atoms with van der Waals surface area (Å²) in [6, 6.07) is 4.22. The van der Waals surface area contributed by atoms with Crippen molar-refractivity contribution >= 4 is 17.6 Å². The lowest BCUT2D eigenvalue weighted by Gasteiger charge is -2.08. The zero-order chi connectivity index (χ0) is 20.3. The van der Waals surface area contributed by atoms with E-state index in [9.17, 15) is 13.6 Å². The summed E-state index contributed by atoms with van der Waals surface area (Å²) in [5, 5.41) is 16.5. The van der Waals surface area contributed by atoms with Crippen LogP contribution in [0.25, 0.3) is 5.69 Å². The van der Waals surface area contributed by atoms with Gasteiger partial charge >= 0.3 is 5.97 Å². The van der Waals surface area contributed by atoms with Crippen molar-refractivity contribution in [3.63, 3.8) is 0 Å². The Hall–Kier alpha value is -3.11. The molecule has 2 aromatic heterocycles. The van der Waals surface area contributed by atoms with Gasteiger partial charge < -0.3 is 15.6 Å². The second kappa shape index (κ2) is 8.28. The monoisotopic (exact) mass is 409 g/mol. The van der Waals surface area contributed by atoms with Crippen molar-refractivity contribution in [3.05, 3.63) is 59.0 Å². The molecule has 1 atom stereocenters. The van der Waals surface area contributed by atoms with Crippen LogP contribution in [0.15, 0.2) is 36.7 Å². The maximum absolute atomic E-state index is 14.4. The summed E-state index contributed by atoms with van der Waals surface area (Å²) in [4.78, 5) is 14.4. The maximum atomic E-state index is 14.4. The van der Waals surface area contributed by atoms with Crippen LogP contribution in [0.1, 0.15) is 12.1 Å². The molecule has 28 heavy (non-hydrogen) atoms. The molecule has 0 saturated carbocycles. The quantitative estimate of drug-likeness (QED) is 0.616. The van der Waals surface area contributed by atoms with Crippen molar-refractivity contribution < 1.29 is 23.4 Å². The Morgan fingerprint density at radius 1 is 1.32 bits per heavy atom. The molecule has 0 aliphatic heterocycles. The van der Waals surface area contributed by atoms with E-state index in [4.69, 9.17) is 27.2 Å². The molecule has 8 nitrogen and oxygen atoms in total. The van der Waals surface area contributed by atoms with E-state index in [0.717, 1.165) is 12.1 Å². The van der Waals surface area contributed by atoms with Crippen LogP contribution in [-0.2, 0) is 11.2 Å². The number of nitrogens with two attached hydrogens (primary N) is 1. The summed E-state index contributed by atoms with van der Waals surface area (Å²) in [6.07, 6.45) is 2.61. The maximum Gasteiger partial charge on any atom is 0.304 e. The first kappa shape index (κ1) is 19.6. The second-order valence-electron chi connectivity index (χ2n) is 5.87. The average Bonchev–Trinajstić information content (AvgIpc) is 3.04. The topological polar surface area (TPSA) is 116 Å². The molecule has 1 unspecified atom stereocenters. The van der Waals surface area contributed by atoms with E-state index in [1.807, 2.05) is 0 Å². The van der Waals surface area contributed by atoms with Crippen molar-refractivity contribution in [2.45, 2.75) is 18.9 Å². The first-order valence-electron chi connectivity index (χ1n) is 7.99. The molecular weight excluding hydrogens is 396 g/mol. The van der Waals surface area contributed by atoms with Crippen LogP contribution in [0, 0.1) is 11.6 Å². The normalized spacial score (nSPS) is 12.0. The van der Waals surface area contributed by atoms with Gasteiger partial charge in [0.05, 0.1) is 23.3 Å². The first-order chi connectivity index (χ1) is 13.3. The predicted molar refractivity (Wildman–Crippen MR) is 94.5 cm³/mol. The number of nitrogens with zero attached hydrogens (tertiary/aromatic N) is 4. The minimum Gasteiger partial charge on any atom is -0.481 e. The van der Waals surface area contributed by atoms with Crippen LogP contribution in [0.2, 0.25) is 5.02 Å². The molecule has 1 aromatic carbocycles. The van der Waals surface area contributed by atoms with Crippen molar-refractivity contribution in [1.82, 2.24) is 20.0 Å². The number of hydrogen-bond acceptors (Lipinski definition) is 6. The third kappa shape index (κ3) is 4.78. The number of halogens is 3. The van der Waals surface area contributed by atoms with Gasteiger partial charge in [-0.15, -0.1) is 5.10 Å². The number of ether oxygens (including phenoxy) is 1. The Kier molecular flexibility index (Phi) is 5.81. The summed E-state index contributed by atoms with van der Waals surface area (Å²) < 4.78 is 34.6. The fourth-order valence-corrected chi connectivity index (χ4v) is 2.55. The highest BCUT2D eigenvalue weighted by Crippen LogP contribution is 2.26. The second-order valence-corrected chi connectivity index (χ2v) is 6.31. The molecule has 0 aliphatic rings. The van der Waals surface area contributed by atoms with E-state index in [2.05, 4.69) is 15.3 Å². The molecule has 0 aliphatic carbocycles. The molecule has 2 heterocycles. The Morgan fingerprint density at radius 2 is 2.11 bits per heavy atom. The molecular formula is C17H14ClF2N5O3. The lowest BCUT2D eigenvalue weighted by atomic mass is 10.1. The van der Waals surface area contributed by atoms with Crippen LogP contribution in [-0.4, -0.2) is 37.1 Å². The third-order valence-electron chi connectivity index (χ3n) is 3.60. The lowest BCUT2D eigenvalue weighted by Crippen LogP contribution is -2.26. The van der Waals surface area contributed by atoms with Crippen LogP contribution >= 0.6 is 11.6 Å². The third-order valence-corrected chi connectivity index (χ3v) is 3.81. The number of benzene rings is 1. The van der Waals surface area contributed by atoms with E-state index in [-0.39, 0.29) is 35.2 Å². The van der Waals surface area contributed by atoms with Gasteiger partial charge in [0.2, 0.25) is 0 Å². The van der Waals surface area contributed by atoms with E-state index in [1.165, 1.54) is 29.2 Å². The van der Waals surface area contributed by atoms with E-state index < -0.39 is 23.6 Å². The molecule has 0 saturated heterocycles. The molecule has 0 fully saturated rings. The summed E-state index contributed by atoms with van der Waals surface area (Å²) in [5.41, 5.74) is 6.20. The van der Waals surface area contributed by atoms with E-state index >= 15 is 0 Å². The van der Waals surface area contributed by atoms with Crippen molar-refractivity contribution in [3.8, 4) is 17.3 Å². The van der Waals surface area contributed by atoms with Crippen molar-refractivity contribution in [2.75, 3.05) is 0 Å². The summed E-state index contributed by atoms with van der Waals surface area (Å²) >= 11 is 5.62. The molecule has 0 amide bonds. The highest BCUT2D eigenvalue weighted by atomic mass is 35.5. The summed E-state index contributed by atoms with van der Waals surface area (Å²) in [7, 11) is 0. The number of carboxylic acid groups (broad SMARTS) is 1. The molecule has 0 spiro atoms. The zero-order valence-corrected chi connectivity index (χ0v) is 15.0. The number of rotatable bonds is 7. The highest BCUT2D eigenvalue weighted by Gasteiger charge is 2.15. The zero-order valence-electron chi connectivity index (χ0n) is 14.2.